The van der Waals surface area contributed by atoms with Gasteiger partial charge in [-0.25, -0.2) is 14.5 Å². The summed E-state index contributed by atoms with van der Waals surface area (Å²) in [5.74, 6) is 0.604. The Kier molecular flexibility index (Phi) is 6.90. The van der Waals surface area contributed by atoms with Gasteiger partial charge in [0.1, 0.15) is 11.5 Å². The fourth-order valence-corrected chi connectivity index (χ4v) is 3.10. The number of alkyl halides is 3. The van der Waals surface area contributed by atoms with E-state index in [9.17, 15) is 23.1 Å². The number of nitrogens with zero attached hydrogens (tertiary/aromatic N) is 3. The molecule has 10 heteroatoms. The average Bonchev–Trinajstić information content (AvgIpc) is 3.20. The molecule has 3 rings (SSSR count). The Morgan fingerprint density at radius 1 is 0.971 bits per heavy atom. The van der Waals surface area contributed by atoms with Crippen LogP contribution in [0.15, 0.2) is 48.5 Å². The van der Waals surface area contributed by atoms with Crippen LogP contribution in [0.1, 0.15) is 58.2 Å². The lowest BCUT2D eigenvalue weighted by Crippen LogP contribution is -2.37. The van der Waals surface area contributed by atoms with Crippen LogP contribution < -0.4 is 9.47 Å². The first-order chi connectivity index (χ1) is 15.8. The molecule has 34 heavy (non-hydrogen) atoms. The highest BCUT2D eigenvalue weighted by molar-refractivity contribution is 5.76. The summed E-state index contributed by atoms with van der Waals surface area (Å²) in [7, 11) is 0. The molecule has 0 spiro atoms. The molecular formula is C24H26F3N3O4. The van der Waals surface area contributed by atoms with E-state index in [0.717, 1.165) is 12.1 Å². The molecule has 1 unspecified atom stereocenters. The Morgan fingerprint density at radius 2 is 1.53 bits per heavy atom. The summed E-state index contributed by atoms with van der Waals surface area (Å²) in [4.78, 5) is 15.8. The molecule has 0 amide bonds. The summed E-state index contributed by atoms with van der Waals surface area (Å²) in [6.45, 7) is 8.52. The zero-order valence-corrected chi connectivity index (χ0v) is 19.4. The summed E-state index contributed by atoms with van der Waals surface area (Å²) < 4.78 is 51.7. The molecule has 0 fully saturated rings. The van der Waals surface area contributed by atoms with E-state index >= 15 is 0 Å². The van der Waals surface area contributed by atoms with Crippen LogP contribution in [0, 0.1) is 0 Å². The van der Waals surface area contributed by atoms with Gasteiger partial charge in [-0.2, -0.15) is 18.3 Å². The smallest absolute Gasteiger partial charge is 0.416 e. The van der Waals surface area contributed by atoms with Gasteiger partial charge in [0.25, 0.3) is 0 Å². The summed E-state index contributed by atoms with van der Waals surface area (Å²) in [5, 5.41) is 13.7. The number of carboxylic acid groups (broad SMARTS) is 1. The summed E-state index contributed by atoms with van der Waals surface area (Å²) >= 11 is 0. The lowest BCUT2D eigenvalue weighted by molar-refractivity contribution is -0.152. The number of ether oxygens (including phenoxy) is 2. The Labute approximate surface area is 195 Å². The van der Waals surface area contributed by atoms with E-state index in [4.69, 9.17) is 9.47 Å². The Bertz CT molecular complexity index is 1140. The van der Waals surface area contributed by atoms with Gasteiger partial charge in [-0.15, -0.1) is 0 Å². The Balaban J connectivity index is 1.80. The van der Waals surface area contributed by atoms with Crippen molar-refractivity contribution in [2.24, 2.45) is 0 Å². The fraction of sp³-hybridized carbons (Fsp3) is 0.375. The zero-order valence-electron chi connectivity index (χ0n) is 19.4. The van der Waals surface area contributed by atoms with E-state index in [-0.39, 0.29) is 6.04 Å². The van der Waals surface area contributed by atoms with Crippen molar-refractivity contribution in [1.29, 1.82) is 0 Å². The third kappa shape index (κ3) is 5.67. The topological polar surface area (TPSA) is 86.5 Å². The van der Waals surface area contributed by atoms with Gasteiger partial charge in [0, 0.05) is 11.6 Å². The predicted octanol–water partition coefficient (Wildman–Crippen LogP) is 5.93. The molecule has 1 N–H and O–H groups in total. The maximum Gasteiger partial charge on any atom is 0.416 e. The fourth-order valence-electron chi connectivity index (χ4n) is 3.10. The molecule has 1 atom stereocenters. The minimum absolute atomic E-state index is 0.0641. The standard InChI is InChI=1S/C24H26F3N3O4/c1-14(2)30-21(28-20(29-30)16-6-8-17(9-7-16)24(25,26)27)15(3)33-18-10-12-19(13-11-18)34-23(4,5)22(31)32/h6-15H,1-5H3,(H,31,32). The lowest BCUT2D eigenvalue weighted by atomic mass is 10.1. The molecule has 0 aliphatic carbocycles. The Hall–Kier alpha value is -3.56. The molecule has 1 heterocycles. The van der Waals surface area contributed by atoms with Gasteiger partial charge >= 0.3 is 12.1 Å². The van der Waals surface area contributed by atoms with Crippen molar-refractivity contribution in [2.75, 3.05) is 0 Å². The SMILES string of the molecule is CC(Oc1ccc(OC(C)(C)C(=O)O)cc1)c1nc(-c2ccc(C(F)(F)F)cc2)nn1C(C)C. The van der Waals surface area contributed by atoms with E-state index in [1.54, 1.807) is 35.9 Å². The molecule has 1 aromatic heterocycles. The second kappa shape index (κ2) is 9.36. The third-order valence-electron chi connectivity index (χ3n) is 5.01. The van der Waals surface area contributed by atoms with Crippen molar-refractivity contribution in [3.63, 3.8) is 0 Å². The van der Waals surface area contributed by atoms with Crippen molar-refractivity contribution in [1.82, 2.24) is 14.8 Å². The maximum atomic E-state index is 12.9. The van der Waals surface area contributed by atoms with Crippen LogP contribution in [0.3, 0.4) is 0 Å². The first kappa shape index (κ1) is 25.1. The van der Waals surface area contributed by atoms with Crippen LogP contribution in [0.25, 0.3) is 11.4 Å². The average molecular weight is 477 g/mol. The number of hydrogen-bond acceptors (Lipinski definition) is 5. The molecule has 7 nitrogen and oxygen atoms in total. The van der Waals surface area contributed by atoms with E-state index in [2.05, 4.69) is 10.1 Å². The molecule has 0 saturated carbocycles. The monoisotopic (exact) mass is 477 g/mol. The number of hydrogen-bond donors (Lipinski definition) is 1. The molecule has 0 radical (unpaired) electrons. The van der Waals surface area contributed by atoms with Gasteiger partial charge in [0.15, 0.2) is 23.4 Å². The van der Waals surface area contributed by atoms with E-state index < -0.39 is 29.4 Å². The maximum absolute atomic E-state index is 12.9. The molecule has 0 aliphatic rings. The quantitative estimate of drug-likeness (QED) is 0.433. The van der Waals surface area contributed by atoms with Crippen molar-refractivity contribution in [3.05, 3.63) is 59.9 Å². The number of aromatic nitrogens is 3. The summed E-state index contributed by atoms with van der Waals surface area (Å²) in [6, 6.07) is 11.1. The summed E-state index contributed by atoms with van der Waals surface area (Å²) in [6.07, 6.45) is -4.94. The second-order valence-electron chi connectivity index (χ2n) is 8.56. The molecule has 3 aromatic rings. The highest BCUT2D eigenvalue weighted by Gasteiger charge is 2.31. The van der Waals surface area contributed by atoms with Crippen LogP contribution in [0.5, 0.6) is 11.5 Å². The minimum Gasteiger partial charge on any atom is -0.483 e. The van der Waals surface area contributed by atoms with Crippen LogP contribution in [0.4, 0.5) is 13.2 Å². The van der Waals surface area contributed by atoms with Crippen LogP contribution in [-0.4, -0.2) is 31.4 Å². The molecular weight excluding hydrogens is 451 g/mol. The van der Waals surface area contributed by atoms with Gasteiger partial charge in [-0.1, -0.05) is 12.1 Å². The van der Waals surface area contributed by atoms with E-state index in [0.29, 0.717) is 28.7 Å². The number of carboxylic acids is 1. The van der Waals surface area contributed by atoms with E-state index in [1.807, 2.05) is 13.8 Å². The molecule has 0 aliphatic heterocycles. The normalized spacial score (nSPS) is 13.1. The highest BCUT2D eigenvalue weighted by atomic mass is 19.4. The lowest BCUT2D eigenvalue weighted by Gasteiger charge is -2.22. The van der Waals surface area contributed by atoms with Crippen LogP contribution >= 0.6 is 0 Å². The third-order valence-corrected chi connectivity index (χ3v) is 5.01. The number of halogens is 3. The predicted molar refractivity (Wildman–Crippen MR) is 119 cm³/mol. The minimum atomic E-state index is -4.42. The van der Waals surface area contributed by atoms with Gasteiger partial charge in [-0.05, 0) is 71.0 Å². The van der Waals surface area contributed by atoms with Gasteiger partial charge in [0.2, 0.25) is 0 Å². The number of benzene rings is 2. The second-order valence-corrected chi connectivity index (χ2v) is 8.56. The number of rotatable bonds is 8. The number of aliphatic carboxylic acids is 1. The van der Waals surface area contributed by atoms with Gasteiger partial charge in [-0.3, -0.25) is 0 Å². The summed E-state index contributed by atoms with van der Waals surface area (Å²) in [5.41, 5.74) is -1.66. The van der Waals surface area contributed by atoms with Crippen LogP contribution in [-0.2, 0) is 11.0 Å². The molecule has 2 aromatic carbocycles. The van der Waals surface area contributed by atoms with Gasteiger partial charge < -0.3 is 14.6 Å². The first-order valence-electron chi connectivity index (χ1n) is 10.6. The van der Waals surface area contributed by atoms with Crippen molar-refractivity contribution < 1.29 is 32.5 Å². The highest BCUT2D eigenvalue weighted by Crippen LogP contribution is 2.31. The molecule has 182 valence electrons. The van der Waals surface area contributed by atoms with Crippen molar-refractivity contribution in [2.45, 2.75) is 58.5 Å². The first-order valence-corrected chi connectivity index (χ1v) is 10.6. The van der Waals surface area contributed by atoms with Crippen LogP contribution in [0.2, 0.25) is 0 Å². The zero-order chi connectivity index (χ0) is 25.3. The van der Waals surface area contributed by atoms with E-state index in [1.165, 1.54) is 26.0 Å². The van der Waals surface area contributed by atoms with Gasteiger partial charge in [0.05, 0.1) is 5.56 Å². The van der Waals surface area contributed by atoms with Crippen molar-refractivity contribution in [3.8, 4) is 22.9 Å². The molecule has 0 saturated heterocycles. The largest absolute Gasteiger partial charge is 0.483 e. The van der Waals surface area contributed by atoms with Crippen molar-refractivity contribution >= 4 is 5.97 Å². The number of carbonyl (C=O) groups is 1. The molecule has 0 bridgehead atoms. The Morgan fingerprint density at radius 3 is 2.03 bits per heavy atom.